The van der Waals surface area contributed by atoms with Gasteiger partial charge in [0.15, 0.2) is 0 Å². The van der Waals surface area contributed by atoms with Gasteiger partial charge in [-0.25, -0.2) is 15.0 Å². The Labute approximate surface area is 179 Å². The number of pyridine rings is 1. The summed E-state index contributed by atoms with van der Waals surface area (Å²) in [6.07, 6.45) is 4.44. The lowest BCUT2D eigenvalue weighted by Crippen LogP contribution is -1.97. The van der Waals surface area contributed by atoms with Crippen molar-refractivity contribution < 1.29 is 4.42 Å². The van der Waals surface area contributed by atoms with Gasteiger partial charge in [-0.2, -0.15) is 0 Å². The third kappa shape index (κ3) is 2.79. The maximum Gasteiger partial charge on any atom is 0.227 e. The first-order chi connectivity index (χ1) is 15.2. The zero-order chi connectivity index (χ0) is 20.9. The molecule has 3 aromatic carbocycles. The molecule has 31 heavy (non-hydrogen) atoms. The van der Waals surface area contributed by atoms with Crippen molar-refractivity contribution in [3.63, 3.8) is 0 Å². The molecule has 3 aromatic heterocycles. The van der Waals surface area contributed by atoms with Gasteiger partial charge >= 0.3 is 0 Å². The monoisotopic (exact) mass is 403 g/mol. The maximum atomic E-state index is 6.18. The van der Waals surface area contributed by atoms with Gasteiger partial charge < -0.3 is 4.42 Å². The summed E-state index contributed by atoms with van der Waals surface area (Å²) in [5.74, 6) is 0.568. The third-order valence-corrected chi connectivity index (χ3v) is 5.89. The Bertz CT molecular complexity index is 1600. The van der Waals surface area contributed by atoms with Gasteiger partial charge in [0.25, 0.3) is 0 Å². The normalized spacial score (nSPS) is 12.0. The summed E-state index contributed by atoms with van der Waals surface area (Å²) < 4.78 is 6.18. The third-order valence-electron chi connectivity index (χ3n) is 5.89. The van der Waals surface area contributed by atoms with E-state index in [1.165, 1.54) is 16.3 Å². The number of para-hydroxylation sites is 1. The van der Waals surface area contributed by atoms with E-state index < -0.39 is 0 Å². The van der Waals surface area contributed by atoms with E-state index in [1.54, 1.807) is 12.5 Å². The van der Waals surface area contributed by atoms with E-state index in [9.17, 15) is 0 Å². The highest BCUT2D eigenvalue weighted by molar-refractivity contribution is 6.14. The fraction of sp³-hybridized carbons (Fsp3) is 0.148. The molecule has 0 N–H and O–H groups in total. The van der Waals surface area contributed by atoms with Crippen molar-refractivity contribution in [3.05, 3.63) is 78.8 Å². The summed E-state index contributed by atoms with van der Waals surface area (Å²) in [6.45, 7) is 4.50. The van der Waals surface area contributed by atoms with E-state index in [4.69, 9.17) is 14.4 Å². The number of hydrogen-bond donors (Lipinski definition) is 0. The Hall–Kier alpha value is -3.79. The van der Waals surface area contributed by atoms with Crippen LogP contribution in [-0.4, -0.2) is 15.0 Å². The van der Waals surface area contributed by atoms with Crippen LogP contribution in [0.4, 0.5) is 0 Å². The lowest BCUT2D eigenvalue weighted by molar-refractivity contribution is 0.650. The van der Waals surface area contributed by atoms with Crippen molar-refractivity contribution in [2.75, 3.05) is 0 Å². The molecular formula is C27H21N3O. The van der Waals surface area contributed by atoms with E-state index in [-0.39, 0.29) is 0 Å². The zero-order valence-electron chi connectivity index (χ0n) is 17.5. The molecule has 150 valence electrons. The Balaban J connectivity index is 1.69. The highest BCUT2D eigenvalue weighted by Gasteiger charge is 2.17. The molecule has 4 heteroatoms. The topological polar surface area (TPSA) is 51.8 Å². The average molecular weight is 403 g/mol. The van der Waals surface area contributed by atoms with Crippen molar-refractivity contribution in [3.8, 4) is 11.3 Å². The molecular weight excluding hydrogens is 382 g/mol. The Morgan fingerprint density at radius 1 is 0.806 bits per heavy atom. The molecule has 0 atom stereocenters. The summed E-state index contributed by atoms with van der Waals surface area (Å²) in [7, 11) is 0. The van der Waals surface area contributed by atoms with Crippen molar-refractivity contribution in [1.29, 1.82) is 0 Å². The van der Waals surface area contributed by atoms with E-state index in [1.807, 2.05) is 12.1 Å². The highest BCUT2D eigenvalue weighted by atomic mass is 16.3. The fourth-order valence-corrected chi connectivity index (χ4v) is 4.62. The van der Waals surface area contributed by atoms with Gasteiger partial charge in [0.1, 0.15) is 11.9 Å². The van der Waals surface area contributed by atoms with Gasteiger partial charge in [0, 0.05) is 33.3 Å². The van der Waals surface area contributed by atoms with Gasteiger partial charge in [-0.15, -0.1) is 0 Å². The lowest BCUT2D eigenvalue weighted by atomic mass is 9.94. The molecule has 0 radical (unpaired) electrons. The molecule has 4 nitrogen and oxygen atoms in total. The second-order valence-electron chi connectivity index (χ2n) is 8.44. The summed E-state index contributed by atoms with van der Waals surface area (Å²) in [5, 5.41) is 5.53. The molecule has 3 heterocycles. The van der Waals surface area contributed by atoms with Crippen LogP contribution in [0.2, 0.25) is 0 Å². The van der Waals surface area contributed by atoms with Crippen LogP contribution in [0.3, 0.4) is 0 Å². The van der Waals surface area contributed by atoms with Gasteiger partial charge in [-0.3, -0.25) is 0 Å². The second kappa shape index (κ2) is 6.88. The predicted molar refractivity (Wildman–Crippen MR) is 126 cm³/mol. The number of fused-ring (bicyclic) bond motifs is 6. The van der Waals surface area contributed by atoms with Crippen LogP contribution in [0.1, 0.15) is 19.4 Å². The van der Waals surface area contributed by atoms with Crippen molar-refractivity contribution in [1.82, 2.24) is 15.0 Å². The zero-order valence-corrected chi connectivity index (χ0v) is 17.5. The molecule has 6 aromatic rings. The number of furan rings is 1. The van der Waals surface area contributed by atoms with Crippen molar-refractivity contribution >= 4 is 43.7 Å². The van der Waals surface area contributed by atoms with E-state index in [0.29, 0.717) is 11.6 Å². The van der Waals surface area contributed by atoms with Crippen LogP contribution in [0.15, 0.2) is 77.6 Å². The summed E-state index contributed by atoms with van der Waals surface area (Å²) in [6, 6.07) is 21.0. The molecule has 0 unspecified atom stereocenters. The first kappa shape index (κ1) is 18.0. The van der Waals surface area contributed by atoms with E-state index >= 15 is 0 Å². The van der Waals surface area contributed by atoms with Crippen LogP contribution >= 0.6 is 0 Å². The summed E-state index contributed by atoms with van der Waals surface area (Å²) >= 11 is 0. The lowest BCUT2D eigenvalue weighted by Gasteiger charge is -2.13. The van der Waals surface area contributed by atoms with Crippen molar-refractivity contribution in [2.45, 2.75) is 20.3 Å². The van der Waals surface area contributed by atoms with Crippen molar-refractivity contribution in [2.24, 2.45) is 5.92 Å². The minimum atomic E-state index is 0.568. The van der Waals surface area contributed by atoms with Crippen LogP contribution < -0.4 is 0 Å². The first-order valence-electron chi connectivity index (χ1n) is 10.6. The van der Waals surface area contributed by atoms with Gasteiger partial charge in [-0.1, -0.05) is 50.2 Å². The number of hydrogen-bond acceptors (Lipinski definition) is 4. The summed E-state index contributed by atoms with van der Waals surface area (Å²) in [4.78, 5) is 13.8. The van der Waals surface area contributed by atoms with Gasteiger partial charge in [0.2, 0.25) is 5.71 Å². The largest absolute Gasteiger partial charge is 0.437 e. The van der Waals surface area contributed by atoms with Gasteiger partial charge in [-0.05, 0) is 47.6 Å². The second-order valence-corrected chi connectivity index (χ2v) is 8.44. The number of rotatable bonds is 3. The Morgan fingerprint density at radius 3 is 2.58 bits per heavy atom. The summed E-state index contributed by atoms with van der Waals surface area (Å²) in [5.41, 5.74) is 5.62. The molecule has 6 rings (SSSR count). The molecule has 0 fully saturated rings. The standard InChI is InChI=1S/C27H21N3O/c1-16(2)14-18-7-3-6-17-11-12-21-24(29-15-30-25(21)23(17)18)22-9-4-8-19-20-10-5-13-28-27(20)31-26(19)22/h3-13,15-16H,14H2,1-2H3. The highest BCUT2D eigenvalue weighted by Crippen LogP contribution is 2.38. The van der Waals surface area contributed by atoms with Crippen LogP contribution in [0.5, 0.6) is 0 Å². The minimum Gasteiger partial charge on any atom is -0.437 e. The molecule has 0 aliphatic rings. The van der Waals surface area contributed by atoms with E-state index in [0.717, 1.165) is 44.9 Å². The van der Waals surface area contributed by atoms with Crippen LogP contribution in [0.25, 0.3) is 55.0 Å². The molecule has 0 aliphatic carbocycles. The van der Waals surface area contributed by atoms with Crippen LogP contribution in [-0.2, 0) is 6.42 Å². The Kier molecular flexibility index (Phi) is 4.00. The molecule has 0 saturated heterocycles. The number of nitrogens with zero attached hydrogens (tertiary/aromatic N) is 3. The number of benzene rings is 3. The molecule has 0 bridgehead atoms. The first-order valence-corrected chi connectivity index (χ1v) is 10.6. The molecule has 0 saturated carbocycles. The predicted octanol–water partition coefficient (Wildman–Crippen LogP) is 6.94. The minimum absolute atomic E-state index is 0.568. The molecule has 0 amide bonds. The fourth-order valence-electron chi connectivity index (χ4n) is 4.62. The molecule has 0 spiro atoms. The number of aromatic nitrogens is 3. The SMILES string of the molecule is CC(C)Cc1cccc2ccc3c(-c4cccc5c4oc4ncccc45)ncnc3c12. The maximum absolute atomic E-state index is 6.18. The quantitative estimate of drug-likeness (QED) is 0.300. The average Bonchev–Trinajstić information content (AvgIpc) is 3.17. The molecule has 0 aliphatic heterocycles. The van der Waals surface area contributed by atoms with E-state index in [2.05, 4.69) is 67.4 Å². The smallest absolute Gasteiger partial charge is 0.227 e. The van der Waals surface area contributed by atoms with Crippen LogP contribution in [0, 0.1) is 5.92 Å². The van der Waals surface area contributed by atoms with Gasteiger partial charge in [0.05, 0.1) is 11.2 Å². The Morgan fingerprint density at radius 2 is 1.68 bits per heavy atom.